The first-order valence-corrected chi connectivity index (χ1v) is 8.04. The first kappa shape index (κ1) is 14.5. The van der Waals surface area contributed by atoms with Crippen molar-refractivity contribution in [1.82, 2.24) is 0 Å². The van der Waals surface area contributed by atoms with Crippen LogP contribution < -0.4 is 4.72 Å². The number of hydrogen-bond acceptors (Lipinski definition) is 4. The number of hydrogen-bond donors (Lipinski definition) is 2. The first-order valence-electron chi connectivity index (χ1n) is 3.95. The molecule has 0 unspecified atom stereocenters. The van der Waals surface area contributed by atoms with E-state index < -0.39 is 25.0 Å². The topological polar surface area (TPSA) is 101 Å². The van der Waals surface area contributed by atoms with E-state index in [1.807, 2.05) is 4.72 Å². The van der Waals surface area contributed by atoms with Crippen LogP contribution in [0.2, 0.25) is 10.0 Å². The van der Waals surface area contributed by atoms with Crippen molar-refractivity contribution in [2.75, 3.05) is 11.0 Å². The Morgan fingerprint density at radius 1 is 1.12 bits per heavy atom. The Bertz CT molecular complexity index is 653. The molecule has 0 saturated heterocycles. The predicted molar refractivity (Wildman–Crippen MR) is 64.7 cm³/mol. The maximum Gasteiger partial charge on any atom is 0.296 e. The number of rotatable bonds is 3. The molecule has 1 rings (SSSR count). The summed E-state index contributed by atoms with van der Waals surface area (Å²) in [7, 11) is -8.08. The summed E-state index contributed by atoms with van der Waals surface area (Å²) < 4.78 is 54.5. The van der Waals surface area contributed by atoms with Crippen LogP contribution in [-0.2, 0) is 20.1 Å². The minimum absolute atomic E-state index is 0.0773. The molecule has 1 aromatic rings. The van der Waals surface area contributed by atoms with Gasteiger partial charge in [-0.2, -0.15) is 8.42 Å². The standard InChI is InChI=1S/C7H7Cl2NO5S2/c1-16(11,12)10-6-2-5(9)7(3-4(6)8)17(13,14)15/h2-3,10H,1H3,(H,13,14,15). The summed E-state index contributed by atoms with van der Waals surface area (Å²) >= 11 is 11.2. The van der Waals surface area contributed by atoms with Gasteiger partial charge < -0.3 is 0 Å². The molecule has 0 aliphatic heterocycles. The van der Waals surface area contributed by atoms with Gasteiger partial charge in [0.15, 0.2) is 0 Å². The van der Waals surface area contributed by atoms with Crippen LogP contribution >= 0.6 is 23.2 Å². The Hall–Kier alpha value is -0.540. The van der Waals surface area contributed by atoms with Gasteiger partial charge >= 0.3 is 0 Å². The molecule has 0 bridgehead atoms. The number of halogens is 2. The SMILES string of the molecule is CS(=O)(=O)Nc1cc(Cl)c(S(=O)(=O)O)cc1Cl. The summed E-state index contributed by atoms with van der Waals surface area (Å²) in [5.74, 6) is 0. The molecule has 0 aliphatic carbocycles. The lowest BCUT2D eigenvalue weighted by atomic mass is 10.3. The van der Waals surface area contributed by atoms with Crippen LogP contribution in [0.1, 0.15) is 0 Å². The van der Waals surface area contributed by atoms with Crippen LogP contribution in [0.3, 0.4) is 0 Å². The largest absolute Gasteiger partial charge is 0.296 e. The molecule has 0 amide bonds. The van der Waals surface area contributed by atoms with Crippen molar-refractivity contribution in [3.8, 4) is 0 Å². The smallest absolute Gasteiger partial charge is 0.282 e. The van der Waals surface area contributed by atoms with Gasteiger partial charge in [0.2, 0.25) is 10.0 Å². The van der Waals surface area contributed by atoms with Gasteiger partial charge in [-0.1, -0.05) is 23.2 Å². The van der Waals surface area contributed by atoms with Crippen LogP contribution in [0.5, 0.6) is 0 Å². The van der Waals surface area contributed by atoms with Crippen molar-refractivity contribution in [3.63, 3.8) is 0 Å². The Balaban J connectivity index is 3.39. The minimum atomic E-state index is -4.51. The van der Waals surface area contributed by atoms with Crippen LogP contribution in [0.4, 0.5) is 5.69 Å². The zero-order valence-corrected chi connectivity index (χ0v) is 11.5. The molecule has 17 heavy (non-hydrogen) atoms. The zero-order chi connectivity index (χ0) is 13.4. The van der Waals surface area contributed by atoms with Crippen LogP contribution in [0, 0.1) is 0 Å². The van der Waals surface area contributed by atoms with E-state index in [4.69, 9.17) is 27.8 Å². The van der Waals surface area contributed by atoms with Gasteiger partial charge in [-0.05, 0) is 12.1 Å². The average Bonchev–Trinajstić information content (AvgIpc) is 2.06. The van der Waals surface area contributed by atoms with Crippen molar-refractivity contribution in [1.29, 1.82) is 0 Å². The fourth-order valence-corrected chi connectivity index (χ4v) is 2.93. The average molecular weight is 320 g/mol. The predicted octanol–water partition coefficient (Wildman–Crippen LogP) is 1.61. The number of benzene rings is 1. The van der Waals surface area contributed by atoms with Crippen molar-refractivity contribution in [2.24, 2.45) is 0 Å². The Labute approximate surface area is 108 Å². The molecule has 0 aromatic heterocycles. The minimum Gasteiger partial charge on any atom is -0.282 e. The molecule has 2 N–H and O–H groups in total. The van der Waals surface area contributed by atoms with Gasteiger partial charge in [-0.3, -0.25) is 9.27 Å². The lowest BCUT2D eigenvalue weighted by Crippen LogP contribution is -2.10. The lowest BCUT2D eigenvalue weighted by molar-refractivity contribution is 0.483. The van der Waals surface area contributed by atoms with E-state index in [0.29, 0.717) is 0 Å². The molecule has 0 radical (unpaired) electrons. The Kier molecular flexibility index (Phi) is 3.94. The molecule has 0 spiro atoms. The molecule has 1 aromatic carbocycles. The molecular formula is C7H7Cl2NO5S2. The summed E-state index contributed by atoms with van der Waals surface area (Å²) in [6.45, 7) is 0. The van der Waals surface area contributed by atoms with E-state index in [0.717, 1.165) is 18.4 Å². The highest BCUT2D eigenvalue weighted by Crippen LogP contribution is 2.32. The molecule has 0 saturated carbocycles. The van der Waals surface area contributed by atoms with E-state index in [2.05, 4.69) is 0 Å². The highest BCUT2D eigenvalue weighted by molar-refractivity contribution is 7.92. The number of anilines is 1. The van der Waals surface area contributed by atoms with Crippen molar-refractivity contribution < 1.29 is 21.4 Å². The molecule has 96 valence electrons. The lowest BCUT2D eigenvalue weighted by Gasteiger charge is -2.08. The molecule has 10 heteroatoms. The van der Waals surface area contributed by atoms with Gasteiger partial charge in [0.1, 0.15) is 4.90 Å². The maximum absolute atomic E-state index is 11.0. The quantitative estimate of drug-likeness (QED) is 0.824. The fraction of sp³-hybridized carbons (Fsp3) is 0.143. The third-order valence-electron chi connectivity index (χ3n) is 1.59. The van der Waals surface area contributed by atoms with Gasteiger partial charge in [-0.15, -0.1) is 0 Å². The Morgan fingerprint density at radius 2 is 1.65 bits per heavy atom. The van der Waals surface area contributed by atoms with E-state index in [-0.39, 0.29) is 15.7 Å². The zero-order valence-electron chi connectivity index (χ0n) is 8.31. The van der Waals surface area contributed by atoms with Crippen LogP contribution in [-0.4, -0.2) is 27.6 Å². The number of sulfonamides is 1. The normalized spacial score (nSPS) is 12.5. The van der Waals surface area contributed by atoms with Gasteiger partial charge in [0.25, 0.3) is 10.1 Å². The third-order valence-corrected chi connectivity index (χ3v) is 3.82. The highest BCUT2D eigenvalue weighted by Gasteiger charge is 2.18. The van der Waals surface area contributed by atoms with Gasteiger partial charge in [0.05, 0.1) is 22.0 Å². The molecule has 0 fully saturated rings. The highest BCUT2D eigenvalue weighted by atomic mass is 35.5. The molecule has 0 atom stereocenters. The summed E-state index contributed by atoms with van der Waals surface area (Å²) in [4.78, 5) is -0.594. The molecular weight excluding hydrogens is 313 g/mol. The third kappa shape index (κ3) is 4.00. The van der Waals surface area contributed by atoms with Gasteiger partial charge in [-0.25, -0.2) is 8.42 Å². The fourth-order valence-electron chi connectivity index (χ4n) is 1.00. The van der Waals surface area contributed by atoms with Gasteiger partial charge in [0, 0.05) is 0 Å². The second kappa shape index (κ2) is 4.62. The van der Waals surface area contributed by atoms with Crippen LogP contribution in [0.15, 0.2) is 17.0 Å². The van der Waals surface area contributed by atoms with Crippen LogP contribution in [0.25, 0.3) is 0 Å². The van der Waals surface area contributed by atoms with E-state index in [1.54, 1.807) is 0 Å². The molecule has 6 nitrogen and oxygen atoms in total. The summed E-state index contributed by atoms with van der Waals surface area (Å²) in [6, 6.07) is 1.85. The van der Waals surface area contributed by atoms with E-state index in [9.17, 15) is 16.8 Å². The maximum atomic E-state index is 11.0. The van der Waals surface area contributed by atoms with Crippen molar-refractivity contribution >= 4 is 49.0 Å². The van der Waals surface area contributed by atoms with Crippen molar-refractivity contribution in [3.05, 3.63) is 22.2 Å². The molecule has 0 aliphatic rings. The summed E-state index contributed by atoms with van der Waals surface area (Å²) in [5, 5.41) is -0.546. The van der Waals surface area contributed by atoms with E-state index >= 15 is 0 Å². The molecule has 0 heterocycles. The monoisotopic (exact) mass is 319 g/mol. The Morgan fingerprint density at radius 3 is 2.06 bits per heavy atom. The summed E-state index contributed by atoms with van der Waals surface area (Å²) in [6.07, 6.45) is 0.897. The van der Waals surface area contributed by atoms with Crippen molar-refractivity contribution in [2.45, 2.75) is 4.90 Å². The number of nitrogens with one attached hydrogen (secondary N) is 1. The first-order chi connectivity index (χ1) is 7.50. The second-order valence-corrected chi connectivity index (χ2v) is 7.06. The summed E-state index contributed by atoms with van der Waals surface area (Å²) in [5.41, 5.74) is -0.0773. The van der Waals surface area contributed by atoms with E-state index in [1.165, 1.54) is 0 Å². The second-order valence-electron chi connectivity index (χ2n) is 3.11.